The number of amides is 1. The van der Waals surface area contributed by atoms with Crippen LogP contribution in [0.2, 0.25) is 0 Å². The quantitative estimate of drug-likeness (QED) is 0.838. The monoisotopic (exact) mass is 290 g/mol. The number of rotatable bonds is 3. The number of ether oxygens (including phenoxy) is 1. The molecular weight excluding hydrogens is 268 g/mol. The average molecular weight is 290 g/mol. The predicted octanol–water partition coefficient (Wildman–Crippen LogP) is -0.156. The lowest BCUT2D eigenvalue weighted by Crippen LogP contribution is -2.59. The van der Waals surface area contributed by atoms with E-state index >= 15 is 0 Å². The highest BCUT2D eigenvalue weighted by Crippen LogP contribution is 2.19. The zero-order valence-electron chi connectivity index (χ0n) is 12.2. The van der Waals surface area contributed by atoms with Crippen LogP contribution in [0.1, 0.15) is 12.0 Å². The number of carbonyl (C=O) groups is 1. The number of piperazine rings is 1. The minimum absolute atomic E-state index is 0.0426. The fraction of sp³-hybridized carbons (Fsp3) is 0.600. The molecule has 2 fully saturated rings. The summed E-state index contributed by atoms with van der Waals surface area (Å²) in [6.45, 7) is 5.03. The van der Waals surface area contributed by atoms with Gasteiger partial charge in [0, 0.05) is 51.7 Å². The van der Waals surface area contributed by atoms with Gasteiger partial charge in [0.2, 0.25) is 5.91 Å². The Morgan fingerprint density at radius 3 is 2.81 bits per heavy atom. The molecule has 114 valence electrons. The van der Waals surface area contributed by atoms with Gasteiger partial charge in [0.1, 0.15) is 5.54 Å². The molecule has 6 nitrogen and oxygen atoms in total. The van der Waals surface area contributed by atoms with E-state index in [1.165, 1.54) is 5.56 Å². The first-order valence-electron chi connectivity index (χ1n) is 7.45. The average Bonchev–Trinajstić information content (AvgIpc) is 2.96. The highest BCUT2D eigenvalue weighted by atomic mass is 16.5. The first kappa shape index (κ1) is 14.4. The summed E-state index contributed by atoms with van der Waals surface area (Å²) in [6, 6.07) is 4.03. The molecule has 2 aliphatic heterocycles. The second-order valence-electron chi connectivity index (χ2n) is 5.89. The molecule has 1 amide bonds. The summed E-state index contributed by atoms with van der Waals surface area (Å²) in [4.78, 5) is 20.8. The van der Waals surface area contributed by atoms with Gasteiger partial charge in [-0.15, -0.1) is 0 Å². The second-order valence-corrected chi connectivity index (χ2v) is 5.89. The van der Waals surface area contributed by atoms with Crippen LogP contribution in [-0.2, 0) is 16.1 Å². The highest BCUT2D eigenvalue weighted by Gasteiger charge is 2.41. The van der Waals surface area contributed by atoms with Crippen molar-refractivity contribution in [2.45, 2.75) is 18.5 Å². The van der Waals surface area contributed by atoms with Gasteiger partial charge in [-0.2, -0.15) is 0 Å². The number of carbonyl (C=O) groups excluding carboxylic acids is 1. The van der Waals surface area contributed by atoms with Gasteiger partial charge in [-0.25, -0.2) is 0 Å². The third-order valence-corrected chi connectivity index (χ3v) is 4.27. The third-order valence-electron chi connectivity index (χ3n) is 4.27. The van der Waals surface area contributed by atoms with E-state index in [1.54, 1.807) is 6.20 Å². The summed E-state index contributed by atoms with van der Waals surface area (Å²) in [7, 11) is 0. The van der Waals surface area contributed by atoms with Crippen molar-refractivity contribution in [2.24, 2.45) is 5.73 Å². The molecule has 2 saturated heterocycles. The number of hydrogen-bond donors (Lipinski definition) is 1. The van der Waals surface area contributed by atoms with E-state index in [4.69, 9.17) is 10.5 Å². The maximum absolute atomic E-state index is 12.5. The number of nitrogens with zero attached hydrogens (tertiary/aromatic N) is 3. The summed E-state index contributed by atoms with van der Waals surface area (Å²) < 4.78 is 5.28. The van der Waals surface area contributed by atoms with Crippen LogP contribution in [0.5, 0.6) is 0 Å². The number of pyridine rings is 1. The van der Waals surface area contributed by atoms with Gasteiger partial charge in [0.15, 0.2) is 0 Å². The lowest BCUT2D eigenvalue weighted by Gasteiger charge is -2.38. The molecule has 3 rings (SSSR count). The van der Waals surface area contributed by atoms with E-state index < -0.39 is 5.54 Å². The smallest absolute Gasteiger partial charge is 0.245 e. The van der Waals surface area contributed by atoms with Crippen molar-refractivity contribution >= 4 is 5.91 Å². The van der Waals surface area contributed by atoms with Gasteiger partial charge in [0.05, 0.1) is 6.61 Å². The molecule has 2 aliphatic rings. The van der Waals surface area contributed by atoms with E-state index in [9.17, 15) is 4.79 Å². The summed E-state index contributed by atoms with van der Waals surface area (Å²) in [5.41, 5.74) is 6.56. The normalized spacial score (nSPS) is 27.0. The first-order valence-corrected chi connectivity index (χ1v) is 7.45. The van der Waals surface area contributed by atoms with Gasteiger partial charge in [-0.05, 0) is 18.1 Å². The second kappa shape index (κ2) is 6.09. The van der Waals surface area contributed by atoms with Crippen molar-refractivity contribution in [3.05, 3.63) is 30.1 Å². The van der Waals surface area contributed by atoms with E-state index in [0.29, 0.717) is 19.6 Å². The lowest BCUT2D eigenvalue weighted by atomic mass is 9.98. The van der Waals surface area contributed by atoms with Crippen LogP contribution in [-0.4, -0.2) is 65.6 Å². The third kappa shape index (κ3) is 3.23. The number of nitrogens with two attached hydrogens (primary N) is 1. The Labute approximate surface area is 124 Å². The Morgan fingerprint density at radius 1 is 1.38 bits per heavy atom. The Kier molecular flexibility index (Phi) is 4.19. The molecule has 6 heteroatoms. The van der Waals surface area contributed by atoms with Crippen molar-refractivity contribution in [3.63, 3.8) is 0 Å². The molecule has 2 N–H and O–H groups in total. The van der Waals surface area contributed by atoms with E-state index in [1.807, 2.05) is 17.2 Å². The molecule has 1 aromatic heterocycles. The summed E-state index contributed by atoms with van der Waals surface area (Å²) in [5.74, 6) is 0.0426. The molecule has 0 radical (unpaired) electrons. The minimum atomic E-state index is -0.800. The largest absolute Gasteiger partial charge is 0.379 e. The Hall–Kier alpha value is -1.50. The van der Waals surface area contributed by atoms with Crippen LogP contribution >= 0.6 is 0 Å². The summed E-state index contributed by atoms with van der Waals surface area (Å²) in [5, 5.41) is 0. The fourth-order valence-corrected chi connectivity index (χ4v) is 2.92. The van der Waals surface area contributed by atoms with Crippen LogP contribution in [0.25, 0.3) is 0 Å². The van der Waals surface area contributed by atoms with Crippen molar-refractivity contribution < 1.29 is 9.53 Å². The molecule has 1 unspecified atom stereocenters. The molecule has 0 saturated carbocycles. The van der Waals surface area contributed by atoms with Crippen LogP contribution in [0.4, 0.5) is 0 Å². The van der Waals surface area contributed by atoms with Crippen molar-refractivity contribution in [3.8, 4) is 0 Å². The van der Waals surface area contributed by atoms with E-state index in [0.717, 1.165) is 32.7 Å². The molecule has 3 heterocycles. The van der Waals surface area contributed by atoms with E-state index in [2.05, 4.69) is 16.0 Å². The zero-order valence-corrected chi connectivity index (χ0v) is 12.2. The summed E-state index contributed by atoms with van der Waals surface area (Å²) >= 11 is 0. The Bertz CT molecular complexity index is 480. The Morgan fingerprint density at radius 2 is 2.19 bits per heavy atom. The first-order chi connectivity index (χ1) is 10.2. The maximum atomic E-state index is 12.5. The fourth-order valence-electron chi connectivity index (χ4n) is 2.92. The number of aromatic nitrogens is 1. The van der Waals surface area contributed by atoms with Crippen LogP contribution < -0.4 is 5.73 Å². The predicted molar refractivity (Wildman–Crippen MR) is 78.4 cm³/mol. The van der Waals surface area contributed by atoms with Crippen LogP contribution in [0.3, 0.4) is 0 Å². The molecular formula is C15H22N4O2. The lowest BCUT2D eigenvalue weighted by molar-refractivity contribution is -0.138. The summed E-state index contributed by atoms with van der Waals surface area (Å²) in [6.07, 6.45) is 4.30. The SMILES string of the molecule is NC1(C(=O)N2CCN(Cc3cccnc3)CC2)CCOC1. The molecule has 0 bridgehead atoms. The topological polar surface area (TPSA) is 71.7 Å². The van der Waals surface area contributed by atoms with Gasteiger partial charge in [-0.1, -0.05) is 6.07 Å². The molecule has 0 aromatic carbocycles. The number of hydrogen-bond acceptors (Lipinski definition) is 5. The molecule has 0 spiro atoms. The highest BCUT2D eigenvalue weighted by molar-refractivity contribution is 5.86. The Balaban J connectivity index is 1.52. The minimum Gasteiger partial charge on any atom is -0.379 e. The van der Waals surface area contributed by atoms with Crippen LogP contribution in [0.15, 0.2) is 24.5 Å². The standard InChI is InChI=1S/C15H22N4O2/c16-15(3-9-21-12-15)14(20)19-7-5-18(6-8-19)11-13-2-1-4-17-10-13/h1-2,4,10H,3,5-9,11-12,16H2. The van der Waals surface area contributed by atoms with E-state index in [-0.39, 0.29) is 5.91 Å². The van der Waals surface area contributed by atoms with Gasteiger partial charge >= 0.3 is 0 Å². The van der Waals surface area contributed by atoms with Gasteiger partial charge < -0.3 is 15.4 Å². The van der Waals surface area contributed by atoms with Crippen molar-refractivity contribution in [1.82, 2.24) is 14.8 Å². The molecule has 0 aliphatic carbocycles. The molecule has 1 aromatic rings. The van der Waals surface area contributed by atoms with Gasteiger partial charge in [-0.3, -0.25) is 14.7 Å². The van der Waals surface area contributed by atoms with Crippen molar-refractivity contribution in [1.29, 1.82) is 0 Å². The van der Waals surface area contributed by atoms with Gasteiger partial charge in [0.25, 0.3) is 0 Å². The van der Waals surface area contributed by atoms with Crippen LogP contribution in [0, 0.1) is 0 Å². The maximum Gasteiger partial charge on any atom is 0.245 e. The molecule has 21 heavy (non-hydrogen) atoms. The molecule has 1 atom stereocenters. The zero-order chi connectivity index (χ0) is 14.7. The van der Waals surface area contributed by atoms with Crippen molar-refractivity contribution in [2.75, 3.05) is 39.4 Å².